The molecule has 0 spiro atoms. The summed E-state index contributed by atoms with van der Waals surface area (Å²) in [6.07, 6.45) is 0. The zero-order valence-electron chi connectivity index (χ0n) is 159. The van der Waals surface area contributed by atoms with Gasteiger partial charge < -0.3 is 13.3 Å². The fourth-order valence-corrected chi connectivity index (χ4v) is 18.5. The van der Waals surface area contributed by atoms with Gasteiger partial charge in [-0.2, -0.15) is 0 Å². The Labute approximate surface area is 966 Å². The Morgan fingerprint density at radius 1 is 0.116 bits per heavy atom. The van der Waals surface area contributed by atoms with Crippen LogP contribution in [0.2, 0.25) is 0 Å². The number of rotatable bonds is 8. The fourth-order valence-electron chi connectivity index (χ4n) is 18.5. The zero-order valence-corrected chi connectivity index (χ0v) is 73.2. The lowest BCUT2D eigenvalue weighted by molar-refractivity contribution is 0.672. The van der Waals surface area contributed by atoms with Crippen LogP contribution in [0.4, 0.5) is 0 Å². The third-order valence-corrected chi connectivity index (χ3v) is 24.7. The Kier molecular flexibility index (Phi) is 7.98. The maximum Gasteiger partial charge on any atom is 0.143 e. The molecule has 0 atom stereocenters. The Morgan fingerprint density at radius 2 is 0.354 bits per heavy atom. The van der Waals surface area contributed by atoms with Gasteiger partial charge >= 0.3 is 0 Å². The summed E-state index contributed by atoms with van der Waals surface area (Å²) in [6, 6.07) is -79.1. The summed E-state index contributed by atoms with van der Waals surface area (Å²) in [5, 5.41) is -21.9. The average Bonchev–Trinajstić information content (AvgIpc) is 1.65. The minimum Gasteiger partial charge on any atom is -0.455 e. The first kappa shape index (κ1) is 34.8. The average molecular weight is 1950 g/mol. The predicted octanol–water partition coefficient (Wildman–Crippen LogP) is 41.4. The van der Waals surface area contributed by atoms with Crippen molar-refractivity contribution in [1.29, 1.82) is 0 Å². The zero-order chi connectivity index (χ0) is 171. The molecule has 0 fully saturated rings. The first-order valence-electron chi connectivity index (χ1n) is 86.7. The van der Waals surface area contributed by atoms with Crippen molar-refractivity contribution in [1.82, 2.24) is 0 Å². The van der Waals surface area contributed by atoms with Crippen LogP contribution in [-0.4, -0.2) is 0 Å². The van der Waals surface area contributed by atoms with E-state index in [1.807, 2.05) is 0 Å². The first-order chi connectivity index (χ1) is 109. The standard InChI is InChI=1S/2C50H30O.C44H26O/c1-3-15-36-31(11-1)23-26-40-37(21-10-22-39(36)40)33-13-9-14-34(29-33)48-41-17-5-7-19-43(41)49(44-20-8-6-18-42(44)48)35-25-28-47-46(30-35)45-27-24-32-12-2-4-16-38(32)50(45)51-47;1-3-14-38-31(10-1)20-21-35-28-34(23-25-39(35)38)33-12-9-13-36(29-33)48-41-16-5-7-18-43(41)49(44-19-8-6-17-42(44)48)37-24-27-47-46(30-37)45-26-22-32-11-2-4-15-40(32)50(45)51-47;1-3-13-31-27(10-1)20-21-29-12-9-19-38(41(29)31)43-35-17-7-5-15-33(35)42(34-16-6-8-18-36(34)43)30-23-25-40-39(26-30)37-24-22-28-11-2-4-14-32(28)44(37)45-40/h2*1-30H;1-26H/i2*1D,2D,3D,4D,5D,6D,7D,8D,9D,10D,11D,12D,13D,14D,15D,16D,17D,18D,19D,20D,21D,22D,23D,24D,25D,26D,27D,28D,29D,30D;1D,2D,3D,4D,5D,6D,7D,8D,9D,10D,11D,12D,13D,14D,15D,16D,17D,18D,19D,20D,21D,22D,23D,24D,25D,26D. The molecule has 32 rings (SSSR count). The molecular weight excluding hydrogens is 1780 g/mol. The molecule has 3 nitrogen and oxygen atoms in total. The van der Waals surface area contributed by atoms with Crippen LogP contribution in [0, 0.1) is 0 Å². The molecule has 0 saturated heterocycles. The second kappa shape index (κ2) is 33.7. The third kappa shape index (κ3) is 13.4. The van der Waals surface area contributed by atoms with E-state index in [1.54, 1.807) is 0 Å². The second-order valence-corrected chi connectivity index (χ2v) is 32.5. The van der Waals surface area contributed by atoms with Crippen molar-refractivity contribution in [3.05, 3.63) is 520 Å². The number of benzene rings is 29. The van der Waals surface area contributed by atoms with Gasteiger partial charge in [0.15, 0.2) is 0 Å². The summed E-state index contributed by atoms with van der Waals surface area (Å²) in [7, 11) is 0. The van der Waals surface area contributed by atoms with E-state index in [-0.39, 0.29) is 0 Å². The molecule has 0 N–H and O–H groups in total. The molecule has 147 heavy (non-hydrogen) atoms. The third-order valence-electron chi connectivity index (χ3n) is 24.7. The second-order valence-electron chi connectivity index (χ2n) is 32.5. The molecule has 29 aromatic carbocycles. The summed E-state index contributed by atoms with van der Waals surface area (Å²) in [5.74, 6) is 0. The molecule has 3 heteroatoms. The lowest BCUT2D eigenvalue weighted by Gasteiger charge is -2.19. The highest BCUT2D eigenvalue weighted by atomic mass is 16.3. The molecule has 0 bridgehead atoms. The Hall–Kier alpha value is -19.3. The molecule has 0 amide bonds. The van der Waals surface area contributed by atoms with Gasteiger partial charge in [0, 0.05) is 48.5 Å². The molecule has 0 aliphatic carbocycles. The van der Waals surface area contributed by atoms with Crippen LogP contribution in [-0.2, 0) is 0 Å². The van der Waals surface area contributed by atoms with E-state index in [4.69, 9.17) is 83.2 Å². The van der Waals surface area contributed by atoms with E-state index in [0.717, 1.165) is 0 Å². The van der Waals surface area contributed by atoms with Gasteiger partial charge in [-0.1, -0.05) is 447 Å². The van der Waals surface area contributed by atoms with Crippen molar-refractivity contribution in [3.8, 4) is 89.0 Å². The molecule has 680 valence electrons. The summed E-state index contributed by atoms with van der Waals surface area (Å²) in [6.45, 7) is 0. The quantitative estimate of drug-likeness (QED) is 0.112. The van der Waals surface area contributed by atoms with E-state index in [0.29, 0.717) is 0 Å². The number of hydrogen-bond acceptors (Lipinski definition) is 3. The predicted molar refractivity (Wildman–Crippen MR) is 627 cm³/mol. The monoisotopic (exact) mass is 1950 g/mol. The molecular formula is C144H86O3. The Bertz CT molecular complexity index is 16700. The molecule has 0 radical (unpaired) electrons. The maximum atomic E-state index is 10.0. The summed E-state index contributed by atoms with van der Waals surface area (Å²) in [5.41, 5.74) is -16.4. The molecule has 3 aromatic heterocycles. The van der Waals surface area contributed by atoms with Gasteiger partial charge in [0.1, 0.15) is 33.5 Å². The van der Waals surface area contributed by atoms with Crippen LogP contribution in [0.15, 0.2) is 533 Å². The molecule has 0 aliphatic rings. The van der Waals surface area contributed by atoms with Gasteiger partial charge in [-0.25, -0.2) is 0 Å². The molecule has 0 saturated carbocycles. The van der Waals surface area contributed by atoms with Crippen molar-refractivity contribution in [3.63, 3.8) is 0 Å². The topological polar surface area (TPSA) is 39.4 Å². The first-order valence-corrected chi connectivity index (χ1v) is 43.7. The molecule has 0 aliphatic heterocycles. The maximum absolute atomic E-state index is 10.0. The van der Waals surface area contributed by atoms with Crippen LogP contribution >= 0.6 is 0 Å². The van der Waals surface area contributed by atoms with Crippen LogP contribution < -0.4 is 0 Å². The Morgan fingerprint density at radius 3 is 0.762 bits per heavy atom. The lowest BCUT2D eigenvalue weighted by atomic mass is 9.84. The van der Waals surface area contributed by atoms with Crippen molar-refractivity contribution < 1.29 is 131 Å². The van der Waals surface area contributed by atoms with Crippen molar-refractivity contribution in [2.24, 2.45) is 0 Å². The smallest absolute Gasteiger partial charge is 0.143 e. The van der Waals surface area contributed by atoms with E-state index in [9.17, 15) is 48.0 Å². The van der Waals surface area contributed by atoms with Crippen LogP contribution in [0.5, 0.6) is 0 Å². The van der Waals surface area contributed by atoms with E-state index >= 15 is 0 Å². The molecule has 3 heterocycles. The van der Waals surface area contributed by atoms with E-state index in [1.165, 1.54) is 0 Å². The highest BCUT2D eigenvalue weighted by Gasteiger charge is 2.26. The van der Waals surface area contributed by atoms with Crippen molar-refractivity contribution in [2.45, 2.75) is 0 Å². The molecule has 0 unspecified atom stereocenters. The lowest BCUT2D eigenvalue weighted by Crippen LogP contribution is -1.92. The van der Waals surface area contributed by atoms with Crippen LogP contribution in [0.1, 0.15) is 118 Å². The van der Waals surface area contributed by atoms with E-state index in [2.05, 4.69) is 0 Å². The van der Waals surface area contributed by atoms with Gasteiger partial charge in [-0.05, 0) is 307 Å². The van der Waals surface area contributed by atoms with Gasteiger partial charge in [-0.15, -0.1) is 0 Å². The SMILES string of the molecule is [2H]c1c(-c2c3c([2H])c([2H])c([2H])c([2H])c3c(-c3c([2H])c([2H])c([2H])c4c([2H])c([2H])c5c([2H])c([2H])c([2H])c([2H])c5c34)c3c([2H])c([2H])c([2H])c([2H])c23)c([2H])c2c(oc3c4c([2H])c([2H])c([2H])c([2H])c4c([2H])c([2H])c32)c1[2H].[2H]c1c([2H])c(-c2c([2H])c([2H])c3c(c2[2H])c([2H])c([2H])c2c([2H])c([2H])c([2H])c([2H])c23)c([2H])c(-c2c3c([2H])c([2H])c([2H])c([2H])c3c(-c3c([2H])c([2H])c4oc5c6c([2H])c([2H])c([2H])c([2H])c6c([2H])c([2H])c5c4c3[2H])c3c([2H])c([2H])c([2H])c([2H])c23)c1[2H].[2H]c1c([2H])c(-c2c3c([2H])c([2H])c([2H])c([2H])c3c(-c3c([2H])c([2H])c4oc5c6c([2H])c([2H])c([2H])c([2H])c6c([2H])c([2H])c5c4c3[2H])c3c([2H])c([2H])c([2H])c([2H])c23)c([2H])c(-c2c([2H])c([2H])c([2H])c3c2c([2H])c([2H])c2c([2H])c([2H])c([2H])c([2H])c23)c1[2H]. The summed E-state index contributed by atoms with van der Waals surface area (Å²) >= 11 is 0. The van der Waals surface area contributed by atoms with Gasteiger partial charge in [-0.3, -0.25) is 0 Å². The van der Waals surface area contributed by atoms with E-state index < -0.39 is 836 Å². The van der Waals surface area contributed by atoms with Crippen LogP contribution in [0.3, 0.4) is 0 Å². The summed E-state index contributed by atoms with van der Waals surface area (Å²) < 4.78 is 798. The largest absolute Gasteiger partial charge is 0.455 e. The van der Waals surface area contributed by atoms with Gasteiger partial charge in [0.25, 0.3) is 0 Å². The number of hydrogen-bond donors (Lipinski definition) is 0. The van der Waals surface area contributed by atoms with Crippen molar-refractivity contribution >= 4 is 227 Å². The summed E-state index contributed by atoms with van der Waals surface area (Å²) in [4.78, 5) is 0. The highest BCUT2D eigenvalue weighted by Crippen LogP contribution is 2.53. The van der Waals surface area contributed by atoms with Gasteiger partial charge in [0.2, 0.25) is 0 Å². The highest BCUT2D eigenvalue weighted by molar-refractivity contribution is 6.30. The number of furan rings is 3. The van der Waals surface area contributed by atoms with Crippen molar-refractivity contribution in [2.75, 3.05) is 0 Å². The minimum absolute atomic E-state index is 0.407. The Balaban J connectivity index is 0.000000143. The van der Waals surface area contributed by atoms with Crippen LogP contribution in [0.25, 0.3) is 316 Å². The minimum atomic E-state index is -1.13. The fraction of sp³-hybridized carbons (Fsp3) is 0. The number of fused-ring (bicyclic) bond motifs is 30. The van der Waals surface area contributed by atoms with Gasteiger partial charge in [0.05, 0.1) is 118 Å². The molecule has 32 aromatic rings. The normalized spacial score (nSPS) is 20.1.